The number of thiophene rings is 1. The summed E-state index contributed by atoms with van der Waals surface area (Å²) in [6.07, 6.45) is 4.01. The van der Waals surface area contributed by atoms with Crippen LogP contribution in [0.5, 0.6) is 0 Å². The van der Waals surface area contributed by atoms with Crippen molar-refractivity contribution in [1.82, 2.24) is 15.5 Å². The molecule has 1 aliphatic rings. The molecule has 0 radical (unpaired) electrons. The number of benzene rings is 1. The van der Waals surface area contributed by atoms with E-state index >= 15 is 0 Å². The van der Waals surface area contributed by atoms with Crippen molar-refractivity contribution in [3.8, 4) is 0 Å². The molecule has 0 amide bonds. The molecule has 2 N–H and O–H groups in total. The van der Waals surface area contributed by atoms with Gasteiger partial charge in [-0.2, -0.15) is 0 Å². The Morgan fingerprint density at radius 3 is 2.65 bits per heavy atom. The SMILES string of the molecule is CN=C(NCc1cccs1)NCc1ccccc1CN1CCCCC1C. The van der Waals surface area contributed by atoms with Gasteiger partial charge in [0.15, 0.2) is 5.96 Å². The molecule has 0 saturated carbocycles. The fourth-order valence-corrected chi connectivity index (χ4v) is 4.12. The summed E-state index contributed by atoms with van der Waals surface area (Å²) in [6, 6.07) is 13.7. The van der Waals surface area contributed by atoms with Gasteiger partial charge in [0.1, 0.15) is 0 Å². The second-order valence-electron chi connectivity index (χ2n) is 6.94. The maximum absolute atomic E-state index is 4.35. The van der Waals surface area contributed by atoms with Gasteiger partial charge in [0, 0.05) is 31.1 Å². The molecule has 5 heteroatoms. The second kappa shape index (κ2) is 9.74. The zero-order valence-corrected chi connectivity index (χ0v) is 16.7. The van der Waals surface area contributed by atoms with Gasteiger partial charge in [-0.25, -0.2) is 0 Å². The molecule has 0 spiro atoms. The van der Waals surface area contributed by atoms with Crippen molar-refractivity contribution in [3.63, 3.8) is 0 Å². The first-order chi connectivity index (χ1) is 12.8. The van der Waals surface area contributed by atoms with Crippen molar-refractivity contribution >= 4 is 17.3 Å². The Labute approximate surface area is 161 Å². The summed E-state index contributed by atoms with van der Waals surface area (Å²) in [4.78, 5) is 8.28. The number of nitrogens with zero attached hydrogens (tertiary/aromatic N) is 2. The predicted molar refractivity (Wildman–Crippen MR) is 112 cm³/mol. The van der Waals surface area contributed by atoms with Crippen LogP contribution in [0, 0.1) is 0 Å². The van der Waals surface area contributed by atoms with E-state index in [1.54, 1.807) is 11.3 Å². The van der Waals surface area contributed by atoms with Crippen LogP contribution in [0.25, 0.3) is 0 Å². The monoisotopic (exact) mass is 370 g/mol. The van der Waals surface area contributed by atoms with Gasteiger partial charge in [-0.3, -0.25) is 9.89 Å². The lowest BCUT2D eigenvalue weighted by Crippen LogP contribution is -2.38. The molecule has 26 heavy (non-hydrogen) atoms. The molecule has 1 unspecified atom stereocenters. The highest BCUT2D eigenvalue weighted by Gasteiger charge is 2.19. The summed E-state index contributed by atoms with van der Waals surface area (Å²) in [6.45, 7) is 6.22. The molecule has 3 rings (SSSR count). The highest BCUT2D eigenvalue weighted by molar-refractivity contribution is 7.09. The molecule has 1 fully saturated rings. The van der Waals surface area contributed by atoms with Crippen LogP contribution in [-0.4, -0.2) is 30.5 Å². The van der Waals surface area contributed by atoms with Crippen LogP contribution in [-0.2, 0) is 19.6 Å². The third kappa shape index (κ3) is 5.32. The Bertz CT molecular complexity index is 696. The third-order valence-corrected chi connectivity index (χ3v) is 5.99. The third-order valence-electron chi connectivity index (χ3n) is 5.11. The van der Waals surface area contributed by atoms with E-state index in [-0.39, 0.29) is 0 Å². The lowest BCUT2D eigenvalue weighted by atomic mass is 10.0. The molecular formula is C21H30N4S. The van der Waals surface area contributed by atoms with Crippen LogP contribution in [0.2, 0.25) is 0 Å². The van der Waals surface area contributed by atoms with E-state index in [1.165, 1.54) is 41.8 Å². The topological polar surface area (TPSA) is 39.7 Å². The van der Waals surface area contributed by atoms with E-state index in [0.29, 0.717) is 6.04 Å². The van der Waals surface area contributed by atoms with E-state index in [4.69, 9.17) is 0 Å². The zero-order chi connectivity index (χ0) is 18.2. The normalized spacial score (nSPS) is 18.7. The van der Waals surface area contributed by atoms with Gasteiger partial charge < -0.3 is 10.6 Å². The number of aliphatic imine (C=N–C) groups is 1. The molecule has 1 saturated heterocycles. The Balaban J connectivity index is 1.56. The molecule has 2 heterocycles. The number of rotatable bonds is 6. The van der Waals surface area contributed by atoms with Crippen LogP contribution in [0.1, 0.15) is 42.2 Å². The summed E-state index contributed by atoms with van der Waals surface area (Å²) in [5, 5.41) is 8.95. The van der Waals surface area contributed by atoms with Crippen molar-refractivity contribution < 1.29 is 0 Å². The summed E-state index contributed by atoms with van der Waals surface area (Å²) in [7, 11) is 1.82. The van der Waals surface area contributed by atoms with E-state index in [9.17, 15) is 0 Å². The van der Waals surface area contributed by atoms with Crippen molar-refractivity contribution in [2.75, 3.05) is 13.6 Å². The molecule has 0 bridgehead atoms. The van der Waals surface area contributed by atoms with E-state index in [0.717, 1.165) is 25.6 Å². The quantitative estimate of drug-likeness (QED) is 0.597. The minimum Gasteiger partial charge on any atom is -0.352 e. The van der Waals surface area contributed by atoms with Gasteiger partial charge in [-0.05, 0) is 48.9 Å². The van der Waals surface area contributed by atoms with Gasteiger partial charge in [0.2, 0.25) is 0 Å². The van der Waals surface area contributed by atoms with Crippen molar-refractivity contribution in [3.05, 3.63) is 57.8 Å². The fraction of sp³-hybridized carbons (Fsp3) is 0.476. The molecule has 1 atom stereocenters. The number of likely N-dealkylation sites (tertiary alicyclic amines) is 1. The van der Waals surface area contributed by atoms with Crippen LogP contribution >= 0.6 is 11.3 Å². The highest BCUT2D eigenvalue weighted by Crippen LogP contribution is 2.20. The van der Waals surface area contributed by atoms with Crippen LogP contribution in [0.3, 0.4) is 0 Å². The average Bonchev–Trinajstić information content (AvgIpc) is 3.18. The van der Waals surface area contributed by atoms with Gasteiger partial charge in [-0.15, -0.1) is 11.3 Å². The number of guanidine groups is 1. The van der Waals surface area contributed by atoms with E-state index in [2.05, 4.69) is 69.2 Å². The smallest absolute Gasteiger partial charge is 0.191 e. The lowest BCUT2D eigenvalue weighted by Gasteiger charge is -2.33. The highest BCUT2D eigenvalue weighted by atomic mass is 32.1. The number of piperidine rings is 1. The maximum Gasteiger partial charge on any atom is 0.191 e. The Kier molecular flexibility index (Phi) is 7.09. The zero-order valence-electron chi connectivity index (χ0n) is 15.9. The Morgan fingerprint density at radius 1 is 1.12 bits per heavy atom. The summed E-state index contributed by atoms with van der Waals surface area (Å²) >= 11 is 1.76. The maximum atomic E-state index is 4.35. The van der Waals surface area contributed by atoms with E-state index in [1.807, 2.05) is 7.05 Å². The molecule has 0 aliphatic carbocycles. The molecule has 1 aliphatic heterocycles. The second-order valence-corrected chi connectivity index (χ2v) is 7.97. The van der Waals surface area contributed by atoms with E-state index < -0.39 is 0 Å². The van der Waals surface area contributed by atoms with Crippen LogP contribution in [0.4, 0.5) is 0 Å². The number of hydrogen-bond acceptors (Lipinski definition) is 3. The van der Waals surface area contributed by atoms with Crippen LogP contribution in [0.15, 0.2) is 46.8 Å². The Morgan fingerprint density at radius 2 is 1.92 bits per heavy atom. The van der Waals surface area contributed by atoms with Crippen LogP contribution < -0.4 is 10.6 Å². The molecule has 140 valence electrons. The first-order valence-electron chi connectivity index (χ1n) is 9.54. The molecule has 4 nitrogen and oxygen atoms in total. The van der Waals surface area contributed by atoms with Crippen molar-refractivity contribution in [2.24, 2.45) is 4.99 Å². The van der Waals surface area contributed by atoms with Gasteiger partial charge >= 0.3 is 0 Å². The molecule has 1 aromatic heterocycles. The minimum absolute atomic E-state index is 0.685. The van der Waals surface area contributed by atoms with Gasteiger partial charge in [0.05, 0.1) is 6.54 Å². The summed E-state index contributed by atoms with van der Waals surface area (Å²) in [5.74, 6) is 0.847. The first kappa shape index (κ1) is 18.9. The largest absolute Gasteiger partial charge is 0.352 e. The predicted octanol–water partition coefficient (Wildman–Crippen LogP) is 3.99. The van der Waals surface area contributed by atoms with Gasteiger partial charge in [0.25, 0.3) is 0 Å². The molecule has 2 aromatic rings. The van der Waals surface area contributed by atoms with Gasteiger partial charge in [-0.1, -0.05) is 36.8 Å². The summed E-state index contributed by atoms with van der Waals surface area (Å²) < 4.78 is 0. The minimum atomic E-state index is 0.685. The molecule has 1 aromatic carbocycles. The fourth-order valence-electron chi connectivity index (χ4n) is 3.48. The van der Waals surface area contributed by atoms with Crippen molar-refractivity contribution in [2.45, 2.75) is 51.9 Å². The molecular weight excluding hydrogens is 340 g/mol. The number of hydrogen-bond donors (Lipinski definition) is 2. The average molecular weight is 371 g/mol. The Hall–Kier alpha value is -1.85. The lowest BCUT2D eigenvalue weighted by molar-refractivity contribution is 0.152. The first-order valence-corrected chi connectivity index (χ1v) is 10.4. The summed E-state index contributed by atoms with van der Waals surface area (Å²) in [5.41, 5.74) is 2.77. The number of nitrogens with one attached hydrogen (secondary N) is 2. The standard InChI is InChI=1S/C21H30N4S/c1-17-8-5-6-12-25(17)16-19-10-4-3-9-18(19)14-23-21(22-2)24-15-20-11-7-13-26-20/h3-4,7,9-11,13,17H,5-6,8,12,14-16H2,1-2H3,(H2,22,23,24). The van der Waals surface area contributed by atoms with Crippen molar-refractivity contribution in [1.29, 1.82) is 0 Å².